The van der Waals surface area contributed by atoms with E-state index < -0.39 is 17.8 Å². The minimum absolute atomic E-state index is 0.0722. The lowest BCUT2D eigenvalue weighted by Gasteiger charge is -2.40. The van der Waals surface area contributed by atoms with Crippen LogP contribution in [0.15, 0.2) is 59.8 Å². The Morgan fingerprint density at radius 2 is 1.89 bits per heavy atom. The summed E-state index contributed by atoms with van der Waals surface area (Å²) >= 11 is 8.49. The van der Waals surface area contributed by atoms with Crippen LogP contribution in [-0.2, 0) is 20.7 Å². The van der Waals surface area contributed by atoms with E-state index in [4.69, 9.17) is 21.1 Å². The molecule has 2 aromatic rings. The molecular formula is C29H33ClINO5. The van der Waals surface area contributed by atoms with Crippen molar-refractivity contribution in [1.82, 2.24) is 4.90 Å². The number of carboxylic acid groups (broad SMARTS) is 1. The molecule has 198 valence electrons. The zero-order chi connectivity index (χ0) is 26.4. The number of allylic oxidation sites excluding steroid dienone is 1. The topological polar surface area (TPSA) is 76.1 Å². The zero-order valence-electron chi connectivity index (χ0n) is 21.0. The first-order valence-electron chi connectivity index (χ1n) is 12.8. The van der Waals surface area contributed by atoms with Crippen LogP contribution < -0.4 is 4.74 Å². The number of halogens is 2. The van der Waals surface area contributed by atoms with E-state index in [1.54, 1.807) is 24.0 Å². The lowest BCUT2D eigenvalue weighted by Crippen LogP contribution is -2.47. The molecular weight excluding hydrogens is 605 g/mol. The number of carbonyl (C=O) groups is 2. The molecule has 2 aliphatic heterocycles. The fraction of sp³-hybridized carbons (Fsp3) is 0.448. The second-order valence-corrected chi connectivity index (χ2v) is 11.1. The molecule has 37 heavy (non-hydrogen) atoms. The highest BCUT2D eigenvalue weighted by atomic mass is 127. The Balaban J connectivity index is 1.65. The molecule has 2 heterocycles. The fourth-order valence-electron chi connectivity index (χ4n) is 5.22. The summed E-state index contributed by atoms with van der Waals surface area (Å²) in [6, 6.07) is 14.9. The van der Waals surface area contributed by atoms with E-state index >= 15 is 0 Å². The zero-order valence-corrected chi connectivity index (χ0v) is 23.9. The van der Waals surface area contributed by atoms with Crippen LogP contribution in [0, 0.1) is 5.92 Å². The van der Waals surface area contributed by atoms with Crippen molar-refractivity contribution in [3.8, 4) is 5.75 Å². The Hall–Kier alpha value is -2.10. The van der Waals surface area contributed by atoms with Crippen molar-refractivity contribution < 1.29 is 24.2 Å². The van der Waals surface area contributed by atoms with E-state index in [2.05, 4.69) is 22.6 Å². The van der Waals surface area contributed by atoms with Crippen LogP contribution in [0.25, 0.3) is 0 Å². The minimum atomic E-state index is -1.01. The lowest BCUT2D eigenvalue weighted by molar-refractivity contribution is -0.139. The Bertz CT molecular complexity index is 1110. The molecule has 4 rings (SSSR count). The van der Waals surface area contributed by atoms with Crippen LogP contribution >= 0.6 is 34.2 Å². The lowest BCUT2D eigenvalue weighted by atomic mass is 9.73. The van der Waals surface area contributed by atoms with Gasteiger partial charge in [0.15, 0.2) is 0 Å². The van der Waals surface area contributed by atoms with Crippen molar-refractivity contribution in [1.29, 1.82) is 0 Å². The summed E-state index contributed by atoms with van der Waals surface area (Å²) in [5.41, 5.74) is 2.46. The number of benzene rings is 2. The predicted molar refractivity (Wildman–Crippen MR) is 152 cm³/mol. The predicted octanol–water partition coefficient (Wildman–Crippen LogP) is 6.26. The number of aliphatic carboxylic acids is 1. The second-order valence-electron chi connectivity index (χ2n) is 9.62. The molecule has 0 spiro atoms. The number of hydrogen-bond acceptors (Lipinski definition) is 4. The molecule has 0 saturated carbocycles. The molecule has 1 unspecified atom stereocenters. The Labute approximate surface area is 237 Å². The van der Waals surface area contributed by atoms with Crippen molar-refractivity contribution in [2.75, 3.05) is 24.2 Å². The smallest absolute Gasteiger partial charge is 0.333 e. The number of rotatable bonds is 11. The molecule has 3 atom stereocenters. The van der Waals surface area contributed by atoms with Gasteiger partial charge in [0.2, 0.25) is 5.91 Å². The van der Waals surface area contributed by atoms with E-state index in [9.17, 15) is 14.7 Å². The minimum Gasteiger partial charge on any atom is -0.494 e. The van der Waals surface area contributed by atoms with Crippen LogP contribution in [0.4, 0.5) is 0 Å². The highest BCUT2D eigenvalue weighted by Gasteiger charge is 2.44. The number of amides is 1. The third kappa shape index (κ3) is 6.86. The number of alkyl halides is 1. The largest absolute Gasteiger partial charge is 0.494 e. The Kier molecular flexibility index (Phi) is 9.90. The standard InChI is InChI=1S/C29H33ClINO5/c1-19-26(29(34)35)27(21-8-10-22(30)11-9-21)25(28(33)32(19)18-24-5-4-16-37-24)17-20-6-12-23(13-7-20)36-15-3-2-14-31/h6-13,24-25,27H,2-5,14-18H2,1H3,(H,34,35)/t24-,25?,27-/m1/s1. The monoisotopic (exact) mass is 637 g/mol. The SMILES string of the molecule is CC1=C(C(=O)O)[C@H](c2ccc(Cl)cc2)C(Cc2ccc(OCCCCI)cc2)C(=O)N1C[C@H]1CCCO1. The van der Waals surface area contributed by atoms with Gasteiger partial charge in [-0.15, -0.1) is 0 Å². The first-order valence-corrected chi connectivity index (χ1v) is 14.7. The van der Waals surface area contributed by atoms with Crippen molar-refractivity contribution in [2.24, 2.45) is 5.92 Å². The first-order chi connectivity index (χ1) is 17.9. The van der Waals surface area contributed by atoms with E-state index in [1.807, 2.05) is 36.4 Å². The first kappa shape index (κ1) is 27.9. The average molecular weight is 638 g/mol. The van der Waals surface area contributed by atoms with Gasteiger partial charge in [-0.05, 0) is 78.8 Å². The van der Waals surface area contributed by atoms with E-state index in [0.29, 0.717) is 36.9 Å². The highest BCUT2D eigenvalue weighted by molar-refractivity contribution is 14.1. The maximum atomic E-state index is 14.0. The molecule has 1 saturated heterocycles. The molecule has 0 aliphatic carbocycles. The van der Waals surface area contributed by atoms with Crippen LogP contribution in [0.1, 0.15) is 49.7 Å². The summed E-state index contributed by atoms with van der Waals surface area (Å²) in [4.78, 5) is 28.3. The quantitative estimate of drug-likeness (QED) is 0.179. The number of ether oxygens (including phenoxy) is 2. The molecule has 8 heteroatoms. The number of nitrogens with zero attached hydrogens (tertiary/aromatic N) is 1. The highest BCUT2D eigenvalue weighted by Crippen LogP contribution is 2.42. The molecule has 0 aromatic heterocycles. The van der Waals surface area contributed by atoms with Gasteiger partial charge in [0.05, 0.1) is 30.7 Å². The molecule has 1 fully saturated rings. The van der Waals surface area contributed by atoms with Crippen molar-refractivity contribution in [3.05, 3.63) is 76.0 Å². The normalized spacial score (nSPS) is 22.0. The summed E-state index contributed by atoms with van der Waals surface area (Å²) in [6.07, 6.45) is 4.27. The third-order valence-electron chi connectivity index (χ3n) is 7.14. The van der Waals surface area contributed by atoms with Crippen molar-refractivity contribution in [2.45, 2.75) is 51.0 Å². The molecule has 6 nitrogen and oxygen atoms in total. The maximum Gasteiger partial charge on any atom is 0.333 e. The van der Waals surface area contributed by atoms with Gasteiger partial charge in [-0.25, -0.2) is 4.79 Å². The van der Waals surface area contributed by atoms with Crippen LogP contribution in [-0.4, -0.2) is 52.2 Å². The Morgan fingerprint density at radius 1 is 1.16 bits per heavy atom. The Morgan fingerprint density at radius 3 is 2.51 bits per heavy atom. The van der Waals surface area contributed by atoms with Gasteiger partial charge in [-0.2, -0.15) is 0 Å². The molecule has 2 aromatic carbocycles. The maximum absolute atomic E-state index is 14.0. The van der Waals surface area contributed by atoms with Gasteiger partial charge in [0.25, 0.3) is 0 Å². The third-order valence-corrected chi connectivity index (χ3v) is 8.15. The van der Waals surface area contributed by atoms with Gasteiger partial charge in [0, 0.05) is 23.2 Å². The molecule has 1 N–H and O–H groups in total. The number of carboxylic acids is 1. The summed E-state index contributed by atoms with van der Waals surface area (Å²) < 4.78 is 12.7. The number of carbonyl (C=O) groups excluding carboxylic acids is 1. The average Bonchev–Trinajstić information content (AvgIpc) is 3.40. The summed E-state index contributed by atoms with van der Waals surface area (Å²) in [5.74, 6) is -1.46. The summed E-state index contributed by atoms with van der Waals surface area (Å²) in [7, 11) is 0. The molecule has 1 amide bonds. The van der Waals surface area contributed by atoms with Crippen LogP contribution in [0.5, 0.6) is 5.75 Å². The van der Waals surface area contributed by atoms with E-state index in [1.165, 1.54) is 0 Å². The van der Waals surface area contributed by atoms with Crippen molar-refractivity contribution in [3.63, 3.8) is 0 Å². The molecule has 0 bridgehead atoms. The van der Waals surface area contributed by atoms with Gasteiger partial charge < -0.3 is 19.5 Å². The summed E-state index contributed by atoms with van der Waals surface area (Å²) in [5, 5.41) is 10.9. The molecule has 2 aliphatic rings. The summed E-state index contributed by atoms with van der Waals surface area (Å²) in [6.45, 7) is 3.45. The molecule has 0 radical (unpaired) electrons. The van der Waals surface area contributed by atoms with E-state index in [0.717, 1.165) is 47.0 Å². The number of unbranched alkanes of at least 4 members (excludes halogenated alkanes) is 1. The van der Waals surface area contributed by atoms with E-state index in [-0.39, 0.29) is 17.6 Å². The van der Waals surface area contributed by atoms with Gasteiger partial charge >= 0.3 is 5.97 Å². The van der Waals surface area contributed by atoms with Crippen LogP contribution in [0.2, 0.25) is 5.02 Å². The van der Waals surface area contributed by atoms with Crippen LogP contribution in [0.3, 0.4) is 0 Å². The van der Waals surface area contributed by atoms with Gasteiger partial charge in [0.1, 0.15) is 5.75 Å². The van der Waals surface area contributed by atoms with Crippen molar-refractivity contribution >= 4 is 46.1 Å². The number of hydrogen-bond donors (Lipinski definition) is 1. The van der Waals surface area contributed by atoms with Gasteiger partial charge in [-0.3, -0.25) is 4.79 Å². The van der Waals surface area contributed by atoms with Gasteiger partial charge in [-0.1, -0.05) is 58.5 Å². The fourth-order valence-corrected chi connectivity index (χ4v) is 5.89. The second kappa shape index (κ2) is 13.1.